The van der Waals surface area contributed by atoms with Gasteiger partial charge >= 0.3 is 11.0 Å². The molecule has 0 fully saturated rings. The van der Waals surface area contributed by atoms with Gasteiger partial charge in [-0.05, 0) is 6.92 Å². The van der Waals surface area contributed by atoms with Crippen molar-refractivity contribution in [3.63, 3.8) is 0 Å². The number of alkyl halides is 3. The van der Waals surface area contributed by atoms with Crippen molar-refractivity contribution in [1.82, 2.24) is 4.57 Å². The minimum Gasteiger partial charge on any atom is -0.302 e. The third kappa shape index (κ3) is 2.59. The lowest BCUT2D eigenvalue weighted by Gasteiger charge is -2.13. The Morgan fingerprint density at radius 3 is 2.60 bits per heavy atom. The Hall–Kier alpha value is -1.29. The predicted molar refractivity (Wildman–Crippen MR) is 48.5 cm³/mol. The van der Waals surface area contributed by atoms with Crippen LogP contribution in [0.25, 0.3) is 0 Å². The van der Waals surface area contributed by atoms with E-state index < -0.39 is 23.5 Å². The molecule has 0 aliphatic heterocycles. The van der Waals surface area contributed by atoms with Crippen molar-refractivity contribution in [1.29, 1.82) is 5.26 Å². The first-order chi connectivity index (χ1) is 6.86. The van der Waals surface area contributed by atoms with E-state index in [1.807, 2.05) is 0 Å². The molecule has 1 atom stereocenters. The van der Waals surface area contributed by atoms with Crippen molar-refractivity contribution in [3.05, 3.63) is 20.7 Å². The number of hydrogen-bond acceptors (Lipinski definition) is 3. The molecule has 15 heavy (non-hydrogen) atoms. The van der Waals surface area contributed by atoms with E-state index in [2.05, 4.69) is 0 Å². The van der Waals surface area contributed by atoms with Gasteiger partial charge in [-0.2, -0.15) is 18.4 Å². The van der Waals surface area contributed by atoms with Crippen LogP contribution in [0.5, 0.6) is 0 Å². The number of aryl methyl sites for hydroxylation is 1. The van der Waals surface area contributed by atoms with Gasteiger partial charge < -0.3 is 4.57 Å². The molecule has 0 radical (unpaired) electrons. The quantitative estimate of drug-likeness (QED) is 0.787. The first-order valence-electron chi connectivity index (χ1n) is 3.97. The van der Waals surface area contributed by atoms with Gasteiger partial charge in [0.1, 0.15) is 0 Å². The maximum Gasteiger partial charge on any atom is 0.406 e. The number of halogens is 3. The number of aromatic nitrogens is 1. The Kier molecular flexibility index (Phi) is 3.19. The van der Waals surface area contributed by atoms with Crippen molar-refractivity contribution in [2.45, 2.75) is 19.6 Å². The lowest BCUT2D eigenvalue weighted by Crippen LogP contribution is -2.29. The summed E-state index contributed by atoms with van der Waals surface area (Å²) in [5.41, 5.74) is 0.439. The summed E-state index contributed by atoms with van der Waals surface area (Å²) in [4.78, 5) is 10.6. The van der Waals surface area contributed by atoms with E-state index in [0.717, 1.165) is 22.0 Å². The second kappa shape index (κ2) is 4.06. The summed E-state index contributed by atoms with van der Waals surface area (Å²) >= 11 is 0.825. The van der Waals surface area contributed by atoms with Gasteiger partial charge in [-0.25, -0.2) is 0 Å². The molecule has 1 unspecified atom stereocenters. The third-order valence-corrected chi connectivity index (χ3v) is 2.77. The Balaban J connectivity index is 2.96. The third-order valence-electron chi connectivity index (χ3n) is 1.89. The van der Waals surface area contributed by atoms with Gasteiger partial charge in [0.15, 0.2) is 5.92 Å². The van der Waals surface area contributed by atoms with E-state index >= 15 is 0 Å². The zero-order valence-electron chi connectivity index (χ0n) is 7.71. The summed E-state index contributed by atoms with van der Waals surface area (Å²) < 4.78 is 37.7. The summed E-state index contributed by atoms with van der Waals surface area (Å²) in [5, 5.41) is 9.83. The highest BCUT2D eigenvalue weighted by Gasteiger charge is 2.40. The van der Waals surface area contributed by atoms with Crippen LogP contribution in [0, 0.1) is 24.2 Å². The van der Waals surface area contributed by atoms with Gasteiger partial charge in [-0.15, -0.1) is 0 Å². The lowest BCUT2D eigenvalue weighted by atomic mass is 10.1. The van der Waals surface area contributed by atoms with Crippen molar-refractivity contribution >= 4 is 11.3 Å². The molecule has 1 aromatic heterocycles. The highest BCUT2D eigenvalue weighted by Crippen LogP contribution is 2.27. The van der Waals surface area contributed by atoms with Crippen LogP contribution in [0.3, 0.4) is 0 Å². The Morgan fingerprint density at radius 1 is 1.67 bits per heavy atom. The van der Waals surface area contributed by atoms with Gasteiger partial charge in [0.25, 0.3) is 0 Å². The molecule has 0 amide bonds. The number of hydrogen-bond donors (Lipinski definition) is 0. The van der Waals surface area contributed by atoms with Crippen LogP contribution in [0.1, 0.15) is 5.69 Å². The molecule has 3 nitrogen and oxygen atoms in total. The maximum atomic E-state index is 12.2. The molecule has 0 N–H and O–H groups in total. The van der Waals surface area contributed by atoms with Gasteiger partial charge in [0, 0.05) is 11.1 Å². The van der Waals surface area contributed by atoms with Crippen LogP contribution in [-0.2, 0) is 6.54 Å². The minimum atomic E-state index is -4.59. The molecule has 1 rings (SSSR count). The average Bonchev–Trinajstić information content (AvgIpc) is 2.41. The Bertz CT molecular complexity index is 440. The minimum absolute atomic E-state index is 0.439. The van der Waals surface area contributed by atoms with Crippen LogP contribution in [0.2, 0.25) is 0 Å². The summed E-state index contributed by atoms with van der Waals surface area (Å²) in [5.74, 6) is -2.14. The number of nitrogens with zero attached hydrogens (tertiary/aromatic N) is 2. The Labute approximate surface area is 87.4 Å². The predicted octanol–water partition coefficient (Wildman–Crippen LogP) is 1.92. The molecular formula is C8H7F3N2OS. The summed E-state index contributed by atoms with van der Waals surface area (Å²) in [6.45, 7) is 0.900. The zero-order valence-corrected chi connectivity index (χ0v) is 8.52. The number of nitriles is 1. The van der Waals surface area contributed by atoms with Crippen LogP contribution < -0.4 is 4.87 Å². The van der Waals surface area contributed by atoms with E-state index in [1.165, 1.54) is 12.3 Å². The lowest BCUT2D eigenvalue weighted by molar-refractivity contribution is -0.162. The maximum absolute atomic E-state index is 12.2. The van der Waals surface area contributed by atoms with Crippen LogP contribution >= 0.6 is 11.3 Å². The monoisotopic (exact) mass is 236 g/mol. The molecule has 0 aromatic carbocycles. The molecule has 0 bridgehead atoms. The van der Waals surface area contributed by atoms with E-state index in [9.17, 15) is 18.0 Å². The van der Waals surface area contributed by atoms with Crippen molar-refractivity contribution in [2.24, 2.45) is 5.92 Å². The second-order valence-electron chi connectivity index (χ2n) is 2.98. The first-order valence-corrected chi connectivity index (χ1v) is 4.85. The van der Waals surface area contributed by atoms with Gasteiger partial charge in [0.2, 0.25) is 0 Å². The molecule has 0 spiro atoms. The van der Waals surface area contributed by atoms with Gasteiger partial charge in [0.05, 0.1) is 12.6 Å². The standard InChI is InChI=1S/C8H7F3N2OS/c1-5-4-15-7(14)13(5)3-6(2-12)8(9,10)11/h4,6H,3H2,1H3. The molecular weight excluding hydrogens is 229 g/mol. The summed E-state index contributed by atoms with van der Waals surface area (Å²) in [7, 11) is 0. The van der Waals surface area contributed by atoms with Crippen molar-refractivity contribution in [3.8, 4) is 6.07 Å². The fourth-order valence-corrected chi connectivity index (χ4v) is 1.77. The highest BCUT2D eigenvalue weighted by atomic mass is 32.1. The highest BCUT2D eigenvalue weighted by molar-refractivity contribution is 7.07. The molecule has 82 valence electrons. The van der Waals surface area contributed by atoms with Crippen molar-refractivity contribution < 1.29 is 13.2 Å². The number of thiazole rings is 1. The molecule has 0 saturated carbocycles. The fourth-order valence-electron chi connectivity index (χ4n) is 1.03. The summed E-state index contributed by atoms with van der Waals surface area (Å²) in [6, 6.07) is 1.15. The molecule has 0 saturated heterocycles. The van der Waals surface area contributed by atoms with Crippen LogP contribution in [0.4, 0.5) is 13.2 Å². The largest absolute Gasteiger partial charge is 0.406 e. The first kappa shape index (κ1) is 11.8. The van der Waals surface area contributed by atoms with E-state index in [0.29, 0.717) is 5.69 Å². The SMILES string of the molecule is Cc1csc(=O)n1CC(C#N)C(F)(F)F. The topological polar surface area (TPSA) is 45.8 Å². The van der Waals surface area contributed by atoms with E-state index in [-0.39, 0.29) is 0 Å². The van der Waals surface area contributed by atoms with Crippen LogP contribution in [-0.4, -0.2) is 10.7 Å². The average molecular weight is 236 g/mol. The van der Waals surface area contributed by atoms with E-state index in [1.54, 1.807) is 0 Å². The van der Waals surface area contributed by atoms with Crippen LogP contribution in [0.15, 0.2) is 10.2 Å². The second-order valence-corrected chi connectivity index (χ2v) is 3.80. The van der Waals surface area contributed by atoms with Crippen molar-refractivity contribution in [2.75, 3.05) is 0 Å². The molecule has 0 aliphatic carbocycles. The number of rotatable bonds is 2. The smallest absolute Gasteiger partial charge is 0.302 e. The molecule has 0 aliphatic rings. The van der Waals surface area contributed by atoms with Gasteiger partial charge in [-0.3, -0.25) is 4.79 Å². The summed E-state index contributed by atoms with van der Waals surface area (Å²) in [6.07, 6.45) is -4.59. The Morgan fingerprint density at radius 2 is 2.27 bits per heavy atom. The van der Waals surface area contributed by atoms with Gasteiger partial charge in [-0.1, -0.05) is 11.3 Å². The molecule has 1 heterocycles. The molecule has 1 aromatic rings. The van der Waals surface area contributed by atoms with E-state index in [4.69, 9.17) is 5.26 Å². The normalized spacial score (nSPS) is 13.5. The zero-order chi connectivity index (χ0) is 11.6. The fraction of sp³-hybridized carbons (Fsp3) is 0.500. The molecule has 7 heteroatoms.